The zero-order valence-electron chi connectivity index (χ0n) is 14.2. The smallest absolute Gasteiger partial charge is 0.261 e. The zero-order chi connectivity index (χ0) is 17.3. The quantitative estimate of drug-likeness (QED) is 0.922. The summed E-state index contributed by atoms with van der Waals surface area (Å²) in [5.41, 5.74) is 3.11. The fourth-order valence-corrected chi connectivity index (χ4v) is 3.32. The van der Waals surface area contributed by atoms with E-state index in [-0.39, 0.29) is 11.9 Å². The summed E-state index contributed by atoms with van der Waals surface area (Å²) in [5.74, 6) is 0.554. The van der Waals surface area contributed by atoms with Gasteiger partial charge in [-0.05, 0) is 56.9 Å². The lowest BCUT2D eigenvalue weighted by Crippen LogP contribution is -2.39. The molecule has 0 aliphatic heterocycles. The summed E-state index contributed by atoms with van der Waals surface area (Å²) in [6.07, 6.45) is 4.34. The molecule has 1 aromatic carbocycles. The molecule has 1 aromatic heterocycles. The molecule has 2 aromatic rings. The SMILES string of the molecule is Cc1cc(Cl)ccc1O[C@H](C)C(=O)N[C@H]1CCCc2nn(C)cc21. The van der Waals surface area contributed by atoms with Gasteiger partial charge < -0.3 is 10.1 Å². The number of amides is 1. The number of benzene rings is 1. The van der Waals surface area contributed by atoms with E-state index in [4.69, 9.17) is 16.3 Å². The highest BCUT2D eigenvalue weighted by atomic mass is 35.5. The Labute approximate surface area is 147 Å². The lowest BCUT2D eigenvalue weighted by Gasteiger charge is -2.24. The van der Waals surface area contributed by atoms with E-state index in [2.05, 4.69) is 10.4 Å². The van der Waals surface area contributed by atoms with Crippen molar-refractivity contribution in [3.8, 4) is 5.75 Å². The normalized spacial score (nSPS) is 17.9. The number of rotatable bonds is 4. The maximum atomic E-state index is 12.5. The summed E-state index contributed by atoms with van der Waals surface area (Å²) < 4.78 is 7.62. The van der Waals surface area contributed by atoms with Crippen LogP contribution in [0.4, 0.5) is 0 Å². The maximum absolute atomic E-state index is 12.5. The fraction of sp³-hybridized carbons (Fsp3) is 0.444. The summed E-state index contributed by atoms with van der Waals surface area (Å²) >= 11 is 5.95. The van der Waals surface area contributed by atoms with Crippen molar-refractivity contribution in [2.24, 2.45) is 7.05 Å². The number of carbonyl (C=O) groups is 1. The summed E-state index contributed by atoms with van der Waals surface area (Å²) in [5, 5.41) is 8.21. The van der Waals surface area contributed by atoms with Crippen molar-refractivity contribution in [3.05, 3.63) is 46.2 Å². The summed E-state index contributed by atoms with van der Waals surface area (Å²) in [6, 6.07) is 5.39. The Morgan fingerprint density at radius 3 is 3.04 bits per heavy atom. The molecule has 1 heterocycles. The van der Waals surface area contributed by atoms with E-state index < -0.39 is 6.10 Å². The van der Waals surface area contributed by atoms with Crippen molar-refractivity contribution in [2.75, 3.05) is 0 Å². The standard InChI is InChI=1S/C18H22ClN3O2/c1-11-9-13(19)7-8-17(11)24-12(2)18(23)20-15-5-4-6-16-14(15)10-22(3)21-16/h7-10,12,15H,4-6H2,1-3H3,(H,20,23)/t12-,15+/m1/s1. The number of halogens is 1. The predicted molar refractivity (Wildman–Crippen MR) is 93.3 cm³/mol. The molecule has 6 heteroatoms. The van der Waals surface area contributed by atoms with Crippen LogP contribution in [0.5, 0.6) is 5.75 Å². The number of ether oxygens (including phenoxy) is 1. The number of hydrogen-bond acceptors (Lipinski definition) is 3. The fourth-order valence-electron chi connectivity index (χ4n) is 3.10. The molecule has 0 unspecified atom stereocenters. The van der Waals surface area contributed by atoms with Gasteiger partial charge in [0.05, 0.1) is 11.7 Å². The number of nitrogens with one attached hydrogen (secondary N) is 1. The summed E-state index contributed by atoms with van der Waals surface area (Å²) in [6.45, 7) is 3.67. The van der Waals surface area contributed by atoms with Crippen molar-refractivity contribution < 1.29 is 9.53 Å². The van der Waals surface area contributed by atoms with Gasteiger partial charge in [-0.25, -0.2) is 0 Å². The molecule has 3 rings (SSSR count). The van der Waals surface area contributed by atoms with Crippen molar-refractivity contribution >= 4 is 17.5 Å². The van der Waals surface area contributed by atoms with Crippen LogP contribution in [0.3, 0.4) is 0 Å². The third kappa shape index (κ3) is 3.56. The minimum atomic E-state index is -0.577. The van der Waals surface area contributed by atoms with Gasteiger partial charge in [-0.2, -0.15) is 5.10 Å². The molecular weight excluding hydrogens is 326 g/mol. The second kappa shape index (κ2) is 6.85. The Balaban J connectivity index is 1.66. The van der Waals surface area contributed by atoms with Crippen LogP contribution >= 0.6 is 11.6 Å². The number of fused-ring (bicyclic) bond motifs is 1. The number of carbonyl (C=O) groups excluding carboxylic acids is 1. The number of nitrogens with zero attached hydrogens (tertiary/aromatic N) is 2. The van der Waals surface area contributed by atoms with E-state index >= 15 is 0 Å². The van der Waals surface area contributed by atoms with E-state index in [1.807, 2.05) is 30.9 Å². The molecule has 1 aliphatic carbocycles. The van der Waals surface area contributed by atoms with Crippen molar-refractivity contribution in [3.63, 3.8) is 0 Å². The topological polar surface area (TPSA) is 56.1 Å². The molecule has 2 atom stereocenters. The first-order valence-corrected chi connectivity index (χ1v) is 8.57. The van der Waals surface area contributed by atoms with Crippen LogP contribution in [-0.2, 0) is 18.3 Å². The molecule has 1 amide bonds. The van der Waals surface area contributed by atoms with Gasteiger partial charge in [-0.1, -0.05) is 11.6 Å². The van der Waals surface area contributed by atoms with Crippen LogP contribution in [0.2, 0.25) is 5.02 Å². The molecule has 5 nitrogen and oxygen atoms in total. The van der Waals surface area contributed by atoms with Gasteiger partial charge >= 0.3 is 0 Å². The first-order chi connectivity index (χ1) is 11.4. The Hall–Kier alpha value is -2.01. The highest BCUT2D eigenvalue weighted by Crippen LogP contribution is 2.29. The van der Waals surface area contributed by atoms with Gasteiger partial charge in [0.1, 0.15) is 5.75 Å². The Kier molecular flexibility index (Phi) is 4.81. The molecule has 0 saturated heterocycles. The highest BCUT2D eigenvalue weighted by molar-refractivity contribution is 6.30. The molecule has 0 spiro atoms. The van der Waals surface area contributed by atoms with E-state index in [0.717, 1.165) is 36.1 Å². The molecule has 24 heavy (non-hydrogen) atoms. The minimum Gasteiger partial charge on any atom is -0.481 e. The largest absolute Gasteiger partial charge is 0.481 e. The minimum absolute atomic E-state index is 0.00677. The lowest BCUT2D eigenvalue weighted by molar-refractivity contribution is -0.128. The lowest BCUT2D eigenvalue weighted by atomic mass is 9.93. The number of aryl methyl sites for hydroxylation is 3. The molecule has 0 fully saturated rings. The van der Waals surface area contributed by atoms with Crippen LogP contribution in [0.15, 0.2) is 24.4 Å². The zero-order valence-corrected chi connectivity index (χ0v) is 14.9. The molecule has 1 N–H and O–H groups in total. The van der Waals surface area contributed by atoms with Gasteiger partial charge in [-0.15, -0.1) is 0 Å². The van der Waals surface area contributed by atoms with E-state index in [1.165, 1.54) is 0 Å². The third-order valence-electron chi connectivity index (χ3n) is 4.35. The van der Waals surface area contributed by atoms with E-state index in [1.54, 1.807) is 19.1 Å². The van der Waals surface area contributed by atoms with Crippen LogP contribution in [0, 0.1) is 6.92 Å². The van der Waals surface area contributed by atoms with E-state index in [9.17, 15) is 4.79 Å². The van der Waals surface area contributed by atoms with Crippen LogP contribution in [-0.4, -0.2) is 21.8 Å². The van der Waals surface area contributed by atoms with Gasteiger partial charge in [0, 0.05) is 23.8 Å². The summed E-state index contributed by atoms with van der Waals surface area (Å²) in [4.78, 5) is 12.5. The van der Waals surface area contributed by atoms with Crippen LogP contribution in [0.1, 0.15) is 42.6 Å². The van der Waals surface area contributed by atoms with Gasteiger partial charge in [0.2, 0.25) is 0 Å². The van der Waals surface area contributed by atoms with Gasteiger partial charge in [0.25, 0.3) is 5.91 Å². The highest BCUT2D eigenvalue weighted by Gasteiger charge is 2.26. The van der Waals surface area contributed by atoms with Gasteiger partial charge in [0.15, 0.2) is 6.10 Å². The second-order valence-corrected chi connectivity index (χ2v) is 6.76. The third-order valence-corrected chi connectivity index (χ3v) is 4.58. The van der Waals surface area contributed by atoms with Crippen LogP contribution < -0.4 is 10.1 Å². The molecule has 0 bridgehead atoms. The van der Waals surface area contributed by atoms with Crippen molar-refractivity contribution in [2.45, 2.75) is 45.3 Å². The number of aromatic nitrogens is 2. The number of hydrogen-bond donors (Lipinski definition) is 1. The average Bonchev–Trinajstić information content (AvgIpc) is 2.91. The first kappa shape index (κ1) is 16.8. The molecule has 0 saturated carbocycles. The maximum Gasteiger partial charge on any atom is 0.261 e. The predicted octanol–water partition coefficient (Wildman–Crippen LogP) is 3.34. The molecular formula is C18H22ClN3O2. The monoisotopic (exact) mass is 347 g/mol. The van der Waals surface area contributed by atoms with Crippen molar-refractivity contribution in [1.82, 2.24) is 15.1 Å². The summed E-state index contributed by atoms with van der Waals surface area (Å²) in [7, 11) is 1.91. The van der Waals surface area contributed by atoms with Crippen LogP contribution in [0.25, 0.3) is 0 Å². The Morgan fingerprint density at radius 1 is 1.50 bits per heavy atom. The Morgan fingerprint density at radius 2 is 2.29 bits per heavy atom. The second-order valence-electron chi connectivity index (χ2n) is 6.33. The Bertz CT molecular complexity index is 757. The average molecular weight is 348 g/mol. The van der Waals surface area contributed by atoms with Gasteiger partial charge in [-0.3, -0.25) is 9.48 Å². The van der Waals surface area contributed by atoms with Crippen molar-refractivity contribution in [1.29, 1.82) is 0 Å². The van der Waals surface area contributed by atoms with E-state index in [0.29, 0.717) is 10.8 Å². The molecule has 0 radical (unpaired) electrons. The molecule has 1 aliphatic rings. The molecule has 128 valence electrons. The first-order valence-electron chi connectivity index (χ1n) is 8.19.